The van der Waals surface area contributed by atoms with Crippen LogP contribution in [0.3, 0.4) is 0 Å². The maximum Gasteiger partial charge on any atom is 0.307 e. The van der Waals surface area contributed by atoms with Crippen LogP contribution >= 0.6 is 0 Å². The monoisotopic (exact) mass is 216 g/mol. The van der Waals surface area contributed by atoms with Crippen LogP contribution in [0.25, 0.3) is 0 Å². The van der Waals surface area contributed by atoms with E-state index in [1.807, 2.05) is 13.8 Å². The lowest BCUT2D eigenvalue weighted by atomic mass is 10.2. The van der Waals surface area contributed by atoms with Gasteiger partial charge >= 0.3 is 5.97 Å². The minimum absolute atomic E-state index is 0.0476. The number of rotatable bonds is 7. The second kappa shape index (κ2) is 8.23. The summed E-state index contributed by atoms with van der Waals surface area (Å²) in [5.41, 5.74) is 0. The van der Waals surface area contributed by atoms with Crippen molar-refractivity contribution >= 4 is 11.9 Å². The highest BCUT2D eigenvalue weighted by Crippen LogP contribution is 1.91. The fraction of sp³-hybridized carbons (Fsp3) is 0.800. The van der Waals surface area contributed by atoms with E-state index in [-0.39, 0.29) is 30.9 Å². The van der Waals surface area contributed by atoms with Gasteiger partial charge in [-0.25, -0.2) is 0 Å². The van der Waals surface area contributed by atoms with Gasteiger partial charge in [0.05, 0.1) is 20.1 Å². The van der Waals surface area contributed by atoms with Crippen molar-refractivity contribution < 1.29 is 14.3 Å². The molecule has 1 amide bonds. The number of methoxy groups -OCH3 is 1. The van der Waals surface area contributed by atoms with Crippen molar-refractivity contribution in [1.82, 2.24) is 10.6 Å². The first-order valence-corrected chi connectivity index (χ1v) is 5.17. The van der Waals surface area contributed by atoms with Crippen molar-refractivity contribution in [3.63, 3.8) is 0 Å². The topological polar surface area (TPSA) is 67.4 Å². The Morgan fingerprint density at radius 2 is 2.07 bits per heavy atom. The number of ether oxygens (including phenoxy) is 1. The van der Waals surface area contributed by atoms with E-state index in [4.69, 9.17) is 0 Å². The molecule has 1 atom stereocenters. The normalized spacial score (nSPS) is 11.9. The summed E-state index contributed by atoms with van der Waals surface area (Å²) in [5, 5.41) is 5.68. The van der Waals surface area contributed by atoms with E-state index in [2.05, 4.69) is 15.4 Å². The Hall–Kier alpha value is -1.10. The maximum absolute atomic E-state index is 11.2. The van der Waals surface area contributed by atoms with Crippen LogP contribution in [0.5, 0.6) is 0 Å². The van der Waals surface area contributed by atoms with Crippen LogP contribution in [0.1, 0.15) is 26.7 Å². The third-order valence-corrected chi connectivity index (χ3v) is 1.88. The quantitative estimate of drug-likeness (QED) is 0.590. The summed E-state index contributed by atoms with van der Waals surface area (Å²) >= 11 is 0. The van der Waals surface area contributed by atoms with Crippen LogP contribution in [0, 0.1) is 0 Å². The summed E-state index contributed by atoms with van der Waals surface area (Å²) in [5.74, 6) is -0.322. The molecule has 0 aliphatic rings. The molecule has 5 nitrogen and oxygen atoms in total. The van der Waals surface area contributed by atoms with Gasteiger partial charge in [0.25, 0.3) is 0 Å². The van der Waals surface area contributed by atoms with E-state index < -0.39 is 0 Å². The van der Waals surface area contributed by atoms with Crippen LogP contribution in [-0.4, -0.2) is 38.1 Å². The Morgan fingerprint density at radius 1 is 1.40 bits per heavy atom. The van der Waals surface area contributed by atoms with Gasteiger partial charge in [-0.3, -0.25) is 9.59 Å². The minimum atomic E-state index is -0.274. The molecule has 0 aromatic heterocycles. The first-order valence-electron chi connectivity index (χ1n) is 5.17. The van der Waals surface area contributed by atoms with Crippen LogP contribution in [0.4, 0.5) is 0 Å². The summed E-state index contributed by atoms with van der Waals surface area (Å²) in [6, 6.07) is -0.0511. The molecule has 0 saturated carbocycles. The standard InChI is InChI=1S/C10H20N2O3/c1-4-5-11-9(13)7-12-8(2)6-10(14)15-3/h8,12H,4-7H2,1-3H3,(H,11,13). The van der Waals surface area contributed by atoms with E-state index >= 15 is 0 Å². The zero-order valence-corrected chi connectivity index (χ0v) is 9.63. The second-order valence-corrected chi connectivity index (χ2v) is 3.41. The molecule has 15 heavy (non-hydrogen) atoms. The number of carbonyl (C=O) groups is 2. The van der Waals surface area contributed by atoms with E-state index in [1.54, 1.807) is 0 Å². The van der Waals surface area contributed by atoms with Crippen LogP contribution in [-0.2, 0) is 14.3 Å². The highest BCUT2D eigenvalue weighted by atomic mass is 16.5. The fourth-order valence-electron chi connectivity index (χ4n) is 0.999. The lowest BCUT2D eigenvalue weighted by Crippen LogP contribution is -2.39. The molecular weight excluding hydrogens is 196 g/mol. The second-order valence-electron chi connectivity index (χ2n) is 3.41. The van der Waals surface area contributed by atoms with Gasteiger partial charge in [0.15, 0.2) is 0 Å². The number of hydrogen-bond acceptors (Lipinski definition) is 4. The van der Waals surface area contributed by atoms with Gasteiger partial charge in [-0.1, -0.05) is 6.92 Å². The Bertz CT molecular complexity index is 207. The molecule has 0 saturated heterocycles. The Labute approximate surface area is 90.6 Å². The Balaban J connectivity index is 3.56. The first-order chi connectivity index (χ1) is 7.10. The molecule has 0 spiro atoms. The molecule has 88 valence electrons. The van der Waals surface area contributed by atoms with E-state index in [0.29, 0.717) is 6.54 Å². The summed E-state index contributed by atoms with van der Waals surface area (Å²) in [6.45, 7) is 4.75. The van der Waals surface area contributed by atoms with Gasteiger partial charge < -0.3 is 15.4 Å². The molecule has 0 radical (unpaired) electrons. The molecule has 0 bridgehead atoms. The lowest BCUT2D eigenvalue weighted by molar-refractivity contribution is -0.141. The van der Waals surface area contributed by atoms with Gasteiger partial charge in [0, 0.05) is 12.6 Å². The molecule has 0 heterocycles. The zero-order valence-electron chi connectivity index (χ0n) is 9.63. The Kier molecular flexibility index (Phi) is 7.62. The first kappa shape index (κ1) is 13.9. The van der Waals surface area contributed by atoms with E-state index in [1.165, 1.54) is 7.11 Å². The lowest BCUT2D eigenvalue weighted by Gasteiger charge is -2.12. The van der Waals surface area contributed by atoms with Crippen molar-refractivity contribution in [3.8, 4) is 0 Å². The van der Waals surface area contributed by atoms with Gasteiger partial charge in [-0.2, -0.15) is 0 Å². The SMILES string of the molecule is CCCNC(=O)CNC(C)CC(=O)OC. The average molecular weight is 216 g/mol. The molecule has 0 aliphatic heterocycles. The van der Waals surface area contributed by atoms with Crippen LogP contribution in [0.15, 0.2) is 0 Å². The number of hydrogen-bond donors (Lipinski definition) is 2. The van der Waals surface area contributed by atoms with Crippen LogP contribution in [0.2, 0.25) is 0 Å². The molecule has 0 fully saturated rings. The molecule has 0 aliphatic carbocycles. The van der Waals surface area contributed by atoms with Gasteiger partial charge in [-0.15, -0.1) is 0 Å². The molecule has 2 N–H and O–H groups in total. The fourth-order valence-corrected chi connectivity index (χ4v) is 0.999. The maximum atomic E-state index is 11.2. The molecule has 0 aromatic rings. The third kappa shape index (κ3) is 7.93. The van der Waals surface area contributed by atoms with Crippen molar-refractivity contribution in [3.05, 3.63) is 0 Å². The molecule has 5 heteroatoms. The smallest absolute Gasteiger partial charge is 0.307 e. The predicted octanol–water partition coefficient (Wildman–Crippen LogP) is 0.0538. The largest absolute Gasteiger partial charge is 0.469 e. The predicted molar refractivity (Wildman–Crippen MR) is 57.4 cm³/mol. The molecule has 0 rings (SSSR count). The van der Waals surface area contributed by atoms with Gasteiger partial charge in [-0.05, 0) is 13.3 Å². The number of nitrogens with one attached hydrogen (secondary N) is 2. The highest BCUT2D eigenvalue weighted by molar-refractivity contribution is 5.78. The third-order valence-electron chi connectivity index (χ3n) is 1.88. The molecule has 1 unspecified atom stereocenters. The number of amides is 1. The molecular formula is C10H20N2O3. The van der Waals surface area contributed by atoms with Crippen LogP contribution < -0.4 is 10.6 Å². The van der Waals surface area contributed by atoms with Crippen molar-refractivity contribution in [2.24, 2.45) is 0 Å². The summed E-state index contributed by atoms with van der Waals surface area (Å²) < 4.78 is 4.51. The minimum Gasteiger partial charge on any atom is -0.469 e. The van der Waals surface area contributed by atoms with Crippen molar-refractivity contribution in [1.29, 1.82) is 0 Å². The zero-order chi connectivity index (χ0) is 11.7. The van der Waals surface area contributed by atoms with Gasteiger partial charge in [0.1, 0.15) is 0 Å². The molecule has 0 aromatic carbocycles. The van der Waals surface area contributed by atoms with Crippen molar-refractivity contribution in [2.45, 2.75) is 32.7 Å². The van der Waals surface area contributed by atoms with E-state index in [0.717, 1.165) is 6.42 Å². The van der Waals surface area contributed by atoms with Gasteiger partial charge in [0.2, 0.25) is 5.91 Å². The number of esters is 1. The Morgan fingerprint density at radius 3 is 2.60 bits per heavy atom. The summed E-state index contributed by atoms with van der Waals surface area (Å²) in [7, 11) is 1.35. The van der Waals surface area contributed by atoms with E-state index in [9.17, 15) is 9.59 Å². The van der Waals surface area contributed by atoms with Crippen molar-refractivity contribution in [2.75, 3.05) is 20.2 Å². The average Bonchev–Trinajstić information content (AvgIpc) is 2.23. The number of carbonyl (C=O) groups excluding carboxylic acids is 2. The highest BCUT2D eigenvalue weighted by Gasteiger charge is 2.09. The summed E-state index contributed by atoms with van der Waals surface area (Å²) in [6.07, 6.45) is 1.20. The summed E-state index contributed by atoms with van der Waals surface area (Å²) in [4.78, 5) is 22.0.